The molecule has 30 heavy (non-hydrogen) atoms. The third kappa shape index (κ3) is 3.82. The molecule has 0 spiro atoms. The zero-order valence-electron chi connectivity index (χ0n) is 16.4. The van der Waals surface area contributed by atoms with Crippen LogP contribution in [0.5, 0.6) is 0 Å². The molecule has 1 aromatic heterocycles. The summed E-state index contributed by atoms with van der Waals surface area (Å²) in [4.78, 5) is 39.5. The van der Waals surface area contributed by atoms with E-state index in [4.69, 9.17) is 5.11 Å². The summed E-state index contributed by atoms with van der Waals surface area (Å²) in [6.45, 7) is 1.95. The molecule has 2 heterocycles. The zero-order chi connectivity index (χ0) is 21.3. The number of fused-ring (bicyclic) bond motifs is 1. The van der Waals surface area contributed by atoms with Crippen LogP contribution in [-0.2, 0) is 9.59 Å². The quantitative estimate of drug-likeness (QED) is 0.607. The maximum Gasteiger partial charge on any atom is 0.303 e. The summed E-state index contributed by atoms with van der Waals surface area (Å²) in [5.41, 5.74) is 6.50. The second kappa shape index (κ2) is 7.87. The first-order valence-corrected chi connectivity index (χ1v) is 9.64. The predicted octanol–water partition coefficient (Wildman–Crippen LogP) is 3.13. The van der Waals surface area contributed by atoms with E-state index in [1.807, 2.05) is 61.5 Å². The maximum atomic E-state index is 12.9. The number of nitrogens with one attached hydrogen (secondary N) is 2. The molecule has 0 saturated carbocycles. The molecule has 0 fully saturated rings. The summed E-state index contributed by atoms with van der Waals surface area (Å²) in [6, 6.07) is 16.3. The number of carboxylic acid groups (broad SMARTS) is 1. The maximum absolute atomic E-state index is 12.9. The number of aromatic nitrogens is 1. The SMILES string of the molecule is Cc1ccc2cc([C@@H]3C=C(c4ccccc4)NN3C(=O)CCC(=O)O)c(=O)[nH]c2c1. The van der Waals surface area contributed by atoms with Gasteiger partial charge in [0.25, 0.3) is 5.56 Å². The molecule has 2 aromatic carbocycles. The number of rotatable bonds is 5. The van der Waals surface area contributed by atoms with E-state index >= 15 is 0 Å². The number of pyridine rings is 1. The number of hydrazine groups is 1. The lowest BCUT2D eigenvalue weighted by atomic mass is 10.0. The third-order valence-corrected chi connectivity index (χ3v) is 5.10. The molecule has 0 saturated heterocycles. The largest absolute Gasteiger partial charge is 0.481 e. The van der Waals surface area contributed by atoms with Gasteiger partial charge in [-0.05, 0) is 41.6 Å². The average molecular weight is 403 g/mol. The standard InChI is InChI=1S/C23H21N3O4/c1-14-7-8-16-12-17(23(30)24-18(16)11-14)20-13-19(15-5-3-2-4-6-15)25-26(20)21(27)9-10-22(28)29/h2-8,11-13,20,25H,9-10H2,1H3,(H,24,30)(H,28,29)/t20-/m0/s1. The molecule has 3 N–H and O–H groups in total. The number of carboxylic acids is 1. The number of aryl methyl sites for hydroxylation is 1. The molecule has 0 aliphatic carbocycles. The highest BCUT2D eigenvalue weighted by Crippen LogP contribution is 2.31. The highest BCUT2D eigenvalue weighted by molar-refractivity contribution is 5.84. The van der Waals surface area contributed by atoms with Crippen molar-refractivity contribution in [1.29, 1.82) is 0 Å². The minimum Gasteiger partial charge on any atom is -0.481 e. The van der Waals surface area contributed by atoms with Crippen molar-refractivity contribution in [2.24, 2.45) is 0 Å². The molecule has 0 radical (unpaired) electrons. The van der Waals surface area contributed by atoms with Crippen LogP contribution in [0.1, 0.15) is 35.6 Å². The fraction of sp³-hybridized carbons (Fsp3) is 0.174. The van der Waals surface area contributed by atoms with Gasteiger partial charge in [0.15, 0.2) is 0 Å². The van der Waals surface area contributed by atoms with E-state index in [0.717, 1.165) is 22.0 Å². The number of amides is 1. The Hall–Kier alpha value is -3.87. The lowest BCUT2D eigenvalue weighted by Gasteiger charge is -2.25. The normalized spacial score (nSPS) is 15.7. The van der Waals surface area contributed by atoms with Crippen molar-refractivity contribution < 1.29 is 14.7 Å². The van der Waals surface area contributed by atoms with Crippen LogP contribution < -0.4 is 11.0 Å². The van der Waals surface area contributed by atoms with Crippen molar-refractivity contribution in [3.63, 3.8) is 0 Å². The summed E-state index contributed by atoms with van der Waals surface area (Å²) in [5, 5.41) is 11.1. The number of benzene rings is 2. The summed E-state index contributed by atoms with van der Waals surface area (Å²) in [7, 11) is 0. The van der Waals surface area contributed by atoms with E-state index in [2.05, 4.69) is 10.4 Å². The van der Waals surface area contributed by atoms with Gasteiger partial charge in [0.1, 0.15) is 6.04 Å². The summed E-state index contributed by atoms with van der Waals surface area (Å²) < 4.78 is 0. The molecule has 152 valence electrons. The Morgan fingerprint density at radius 2 is 1.83 bits per heavy atom. The van der Waals surface area contributed by atoms with Crippen molar-refractivity contribution in [2.45, 2.75) is 25.8 Å². The number of H-pyrrole nitrogens is 1. The number of carbonyl (C=O) groups excluding carboxylic acids is 1. The monoisotopic (exact) mass is 403 g/mol. The van der Waals surface area contributed by atoms with Crippen LogP contribution in [0.25, 0.3) is 16.6 Å². The summed E-state index contributed by atoms with van der Waals surface area (Å²) >= 11 is 0. The Balaban J connectivity index is 1.77. The Morgan fingerprint density at radius 3 is 2.57 bits per heavy atom. The Kier molecular flexibility index (Phi) is 5.10. The molecule has 0 unspecified atom stereocenters. The smallest absolute Gasteiger partial charge is 0.303 e. The first kappa shape index (κ1) is 19.4. The first-order valence-electron chi connectivity index (χ1n) is 9.64. The van der Waals surface area contributed by atoms with Crippen LogP contribution in [0.3, 0.4) is 0 Å². The van der Waals surface area contributed by atoms with E-state index in [1.54, 1.807) is 6.07 Å². The predicted molar refractivity (Wildman–Crippen MR) is 113 cm³/mol. The van der Waals surface area contributed by atoms with Crippen LogP contribution in [-0.4, -0.2) is 27.0 Å². The van der Waals surface area contributed by atoms with Crippen LogP contribution in [0.2, 0.25) is 0 Å². The topological polar surface area (TPSA) is 102 Å². The minimum absolute atomic E-state index is 0.167. The molecule has 3 aromatic rings. The molecular formula is C23H21N3O4. The van der Waals surface area contributed by atoms with Gasteiger partial charge in [-0.2, -0.15) is 0 Å². The zero-order valence-corrected chi connectivity index (χ0v) is 16.4. The number of hydrogen-bond acceptors (Lipinski definition) is 4. The van der Waals surface area contributed by atoms with Crippen molar-refractivity contribution in [3.05, 3.63) is 87.7 Å². The number of carbonyl (C=O) groups is 2. The van der Waals surface area contributed by atoms with E-state index in [9.17, 15) is 14.4 Å². The molecule has 7 nitrogen and oxygen atoms in total. The van der Waals surface area contributed by atoms with Crippen molar-refractivity contribution in [2.75, 3.05) is 0 Å². The van der Waals surface area contributed by atoms with Gasteiger partial charge >= 0.3 is 5.97 Å². The van der Waals surface area contributed by atoms with Crippen LogP contribution in [0, 0.1) is 6.92 Å². The fourth-order valence-electron chi connectivity index (χ4n) is 3.58. The molecule has 1 aliphatic rings. The Bertz CT molecular complexity index is 1210. The van der Waals surface area contributed by atoms with Crippen LogP contribution in [0.4, 0.5) is 0 Å². The molecule has 0 bridgehead atoms. The molecule has 7 heteroatoms. The first-order chi connectivity index (χ1) is 14.4. The van der Waals surface area contributed by atoms with E-state index < -0.39 is 17.9 Å². The van der Waals surface area contributed by atoms with Gasteiger partial charge in [-0.3, -0.25) is 19.8 Å². The second-order valence-corrected chi connectivity index (χ2v) is 7.30. The fourth-order valence-corrected chi connectivity index (χ4v) is 3.58. The third-order valence-electron chi connectivity index (χ3n) is 5.10. The molecule has 1 amide bonds. The van der Waals surface area contributed by atoms with Gasteiger partial charge in [-0.15, -0.1) is 0 Å². The Morgan fingerprint density at radius 1 is 1.07 bits per heavy atom. The van der Waals surface area contributed by atoms with Gasteiger partial charge in [0.2, 0.25) is 5.91 Å². The van der Waals surface area contributed by atoms with E-state index in [-0.39, 0.29) is 18.4 Å². The van der Waals surface area contributed by atoms with Gasteiger partial charge in [0.05, 0.1) is 12.1 Å². The van der Waals surface area contributed by atoms with E-state index in [1.165, 1.54) is 5.01 Å². The number of nitrogens with zero attached hydrogens (tertiary/aromatic N) is 1. The minimum atomic E-state index is -1.05. The van der Waals surface area contributed by atoms with Gasteiger partial charge < -0.3 is 10.1 Å². The molecule has 1 atom stereocenters. The molecule has 4 rings (SSSR count). The van der Waals surface area contributed by atoms with Crippen LogP contribution in [0.15, 0.2) is 65.5 Å². The van der Waals surface area contributed by atoms with Crippen molar-refractivity contribution >= 4 is 28.5 Å². The second-order valence-electron chi connectivity index (χ2n) is 7.30. The van der Waals surface area contributed by atoms with Gasteiger partial charge in [0, 0.05) is 17.5 Å². The van der Waals surface area contributed by atoms with Gasteiger partial charge in [-0.25, -0.2) is 5.01 Å². The highest BCUT2D eigenvalue weighted by Gasteiger charge is 2.32. The van der Waals surface area contributed by atoms with Crippen molar-refractivity contribution in [1.82, 2.24) is 15.4 Å². The molecule has 1 aliphatic heterocycles. The van der Waals surface area contributed by atoms with E-state index in [0.29, 0.717) is 11.3 Å². The Labute approximate surface area is 172 Å². The van der Waals surface area contributed by atoms with Crippen molar-refractivity contribution in [3.8, 4) is 0 Å². The number of hydrogen-bond donors (Lipinski definition) is 3. The summed E-state index contributed by atoms with van der Waals surface area (Å²) in [5.74, 6) is -1.44. The number of aromatic amines is 1. The highest BCUT2D eigenvalue weighted by atomic mass is 16.4. The lowest BCUT2D eigenvalue weighted by molar-refractivity contribution is -0.142. The lowest BCUT2D eigenvalue weighted by Crippen LogP contribution is -2.41. The van der Waals surface area contributed by atoms with Crippen LogP contribution >= 0.6 is 0 Å². The van der Waals surface area contributed by atoms with Gasteiger partial charge in [-0.1, -0.05) is 42.5 Å². The average Bonchev–Trinajstić information content (AvgIpc) is 3.17. The number of aliphatic carboxylic acids is 1. The summed E-state index contributed by atoms with van der Waals surface area (Å²) in [6.07, 6.45) is 1.37. The molecular weight excluding hydrogens is 382 g/mol.